The third-order valence-corrected chi connectivity index (χ3v) is 2.86. The van der Waals surface area contributed by atoms with Crippen molar-refractivity contribution in [3.63, 3.8) is 0 Å². The molecule has 0 bridgehead atoms. The number of para-hydroxylation sites is 2. The summed E-state index contributed by atoms with van der Waals surface area (Å²) < 4.78 is 5.92. The molecule has 1 unspecified atom stereocenters. The lowest BCUT2D eigenvalue weighted by molar-refractivity contribution is 0.186. The predicted octanol–water partition coefficient (Wildman–Crippen LogP) is 4.31. The number of phenolic OH excluding ortho intramolecular Hbond substituents is 1. The number of ether oxygens (including phenoxy) is 1. The van der Waals surface area contributed by atoms with Crippen molar-refractivity contribution in [2.24, 2.45) is 0 Å². The summed E-state index contributed by atoms with van der Waals surface area (Å²) in [7, 11) is 0. The smallest absolute Gasteiger partial charge is 0.161 e. The molecule has 0 fully saturated rings. The van der Waals surface area contributed by atoms with Crippen LogP contribution in [-0.2, 0) is 0 Å². The molecule has 2 heteroatoms. The predicted molar refractivity (Wildman–Crippen MR) is 72.8 cm³/mol. The van der Waals surface area contributed by atoms with Crippen LogP contribution in [0.5, 0.6) is 11.5 Å². The number of aromatic hydroxyl groups is 1. The first-order valence-electron chi connectivity index (χ1n) is 6.31. The van der Waals surface area contributed by atoms with Gasteiger partial charge in [0.15, 0.2) is 11.5 Å². The van der Waals surface area contributed by atoms with E-state index in [0.717, 1.165) is 18.4 Å². The zero-order valence-electron chi connectivity index (χ0n) is 10.5. The molecule has 0 spiro atoms. The van der Waals surface area contributed by atoms with Gasteiger partial charge < -0.3 is 9.84 Å². The van der Waals surface area contributed by atoms with Crippen LogP contribution in [0.1, 0.15) is 31.4 Å². The minimum atomic E-state index is -0.00972. The Morgan fingerprint density at radius 3 is 2.33 bits per heavy atom. The Kier molecular flexibility index (Phi) is 4.24. The van der Waals surface area contributed by atoms with Gasteiger partial charge in [-0.25, -0.2) is 0 Å². The molecule has 0 amide bonds. The first kappa shape index (κ1) is 12.5. The number of rotatable bonds is 5. The van der Waals surface area contributed by atoms with Gasteiger partial charge in [0.1, 0.15) is 6.10 Å². The number of phenols is 1. The van der Waals surface area contributed by atoms with Crippen LogP contribution in [0.2, 0.25) is 0 Å². The summed E-state index contributed by atoms with van der Waals surface area (Å²) in [4.78, 5) is 0. The normalized spacial score (nSPS) is 12.1. The summed E-state index contributed by atoms with van der Waals surface area (Å²) >= 11 is 0. The third kappa shape index (κ3) is 3.04. The molecule has 18 heavy (non-hydrogen) atoms. The molecule has 2 rings (SSSR count). The molecule has 2 aromatic carbocycles. The molecule has 0 heterocycles. The molecule has 0 aliphatic rings. The zero-order chi connectivity index (χ0) is 12.8. The molecule has 0 aliphatic heterocycles. The molecule has 94 valence electrons. The van der Waals surface area contributed by atoms with Crippen LogP contribution in [0.15, 0.2) is 54.6 Å². The number of benzene rings is 2. The van der Waals surface area contributed by atoms with Gasteiger partial charge in [-0.2, -0.15) is 0 Å². The lowest BCUT2D eigenvalue weighted by Crippen LogP contribution is -2.07. The summed E-state index contributed by atoms with van der Waals surface area (Å²) in [6.45, 7) is 2.13. The van der Waals surface area contributed by atoms with Gasteiger partial charge in [-0.3, -0.25) is 0 Å². The van der Waals surface area contributed by atoms with Crippen molar-refractivity contribution >= 4 is 0 Å². The van der Waals surface area contributed by atoms with Crippen molar-refractivity contribution in [1.82, 2.24) is 0 Å². The summed E-state index contributed by atoms with van der Waals surface area (Å²) in [5.74, 6) is 0.731. The van der Waals surface area contributed by atoms with Gasteiger partial charge in [-0.05, 0) is 24.1 Å². The summed E-state index contributed by atoms with van der Waals surface area (Å²) in [6.07, 6.45) is 1.95. The van der Waals surface area contributed by atoms with E-state index in [9.17, 15) is 5.11 Å². The van der Waals surface area contributed by atoms with Crippen molar-refractivity contribution in [3.05, 3.63) is 60.2 Å². The fourth-order valence-corrected chi connectivity index (χ4v) is 1.93. The summed E-state index contributed by atoms with van der Waals surface area (Å²) in [5.41, 5.74) is 1.14. The molecule has 0 saturated heterocycles. The molecule has 1 atom stereocenters. The van der Waals surface area contributed by atoms with Gasteiger partial charge in [0.25, 0.3) is 0 Å². The molecule has 0 aromatic heterocycles. The maximum Gasteiger partial charge on any atom is 0.161 e. The SMILES string of the molecule is CCCC(Oc1ccccc1O)c1ccccc1. The Balaban J connectivity index is 2.19. The van der Waals surface area contributed by atoms with E-state index < -0.39 is 0 Å². The molecule has 0 aliphatic carbocycles. The Labute approximate surface area is 108 Å². The second-order valence-electron chi connectivity index (χ2n) is 4.27. The van der Waals surface area contributed by atoms with E-state index in [1.54, 1.807) is 18.2 Å². The van der Waals surface area contributed by atoms with Crippen LogP contribution < -0.4 is 4.74 Å². The number of hydrogen-bond donors (Lipinski definition) is 1. The Morgan fingerprint density at radius 1 is 1.00 bits per heavy atom. The average molecular weight is 242 g/mol. The standard InChI is InChI=1S/C16H18O2/c1-2-8-15(13-9-4-3-5-10-13)18-16-12-7-6-11-14(16)17/h3-7,9-12,15,17H,2,8H2,1H3. The minimum Gasteiger partial charge on any atom is -0.504 e. The van der Waals surface area contributed by atoms with E-state index >= 15 is 0 Å². The van der Waals surface area contributed by atoms with Gasteiger partial charge in [0, 0.05) is 0 Å². The van der Waals surface area contributed by atoms with Gasteiger partial charge in [0.2, 0.25) is 0 Å². The Bertz CT molecular complexity index is 479. The highest BCUT2D eigenvalue weighted by Gasteiger charge is 2.13. The Hall–Kier alpha value is -1.96. The second-order valence-corrected chi connectivity index (χ2v) is 4.27. The van der Waals surface area contributed by atoms with Crippen LogP contribution >= 0.6 is 0 Å². The van der Waals surface area contributed by atoms with E-state index in [1.165, 1.54) is 0 Å². The molecular weight excluding hydrogens is 224 g/mol. The molecule has 0 saturated carbocycles. The average Bonchev–Trinajstić information content (AvgIpc) is 2.42. The van der Waals surface area contributed by atoms with Crippen LogP contribution in [0, 0.1) is 0 Å². The fraction of sp³-hybridized carbons (Fsp3) is 0.250. The van der Waals surface area contributed by atoms with E-state index in [4.69, 9.17) is 4.74 Å². The van der Waals surface area contributed by atoms with Crippen molar-refractivity contribution in [2.45, 2.75) is 25.9 Å². The van der Waals surface area contributed by atoms with E-state index in [-0.39, 0.29) is 11.9 Å². The van der Waals surface area contributed by atoms with Crippen molar-refractivity contribution in [1.29, 1.82) is 0 Å². The summed E-state index contributed by atoms with van der Waals surface area (Å²) in [6, 6.07) is 17.2. The van der Waals surface area contributed by atoms with Crippen molar-refractivity contribution < 1.29 is 9.84 Å². The fourth-order valence-electron chi connectivity index (χ4n) is 1.93. The molecule has 1 N–H and O–H groups in total. The number of hydrogen-bond acceptors (Lipinski definition) is 2. The van der Waals surface area contributed by atoms with Crippen molar-refractivity contribution in [2.75, 3.05) is 0 Å². The highest BCUT2D eigenvalue weighted by atomic mass is 16.5. The Morgan fingerprint density at radius 2 is 1.67 bits per heavy atom. The van der Waals surface area contributed by atoms with Crippen LogP contribution in [-0.4, -0.2) is 5.11 Å². The first-order chi connectivity index (χ1) is 8.81. The summed E-state index contributed by atoms with van der Waals surface area (Å²) in [5, 5.41) is 9.75. The maximum atomic E-state index is 9.75. The maximum absolute atomic E-state index is 9.75. The monoisotopic (exact) mass is 242 g/mol. The van der Waals surface area contributed by atoms with E-state index in [0.29, 0.717) is 5.75 Å². The van der Waals surface area contributed by atoms with Crippen LogP contribution in [0.25, 0.3) is 0 Å². The highest BCUT2D eigenvalue weighted by Crippen LogP contribution is 2.31. The second kappa shape index (κ2) is 6.10. The third-order valence-electron chi connectivity index (χ3n) is 2.86. The molecule has 2 nitrogen and oxygen atoms in total. The van der Waals surface area contributed by atoms with Gasteiger partial charge in [-0.1, -0.05) is 55.8 Å². The van der Waals surface area contributed by atoms with E-state index in [2.05, 4.69) is 19.1 Å². The zero-order valence-corrected chi connectivity index (χ0v) is 10.5. The van der Waals surface area contributed by atoms with Crippen LogP contribution in [0.3, 0.4) is 0 Å². The lowest BCUT2D eigenvalue weighted by atomic mass is 10.1. The van der Waals surface area contributed by atoms with Crippen molar-refractivity contribution in [3.8, 4) is 11.5 Å². The lowest BCUT2D eigenvalue weighted by Gasteiger charge is -2.19. The van der Waals surface area contributed by atoms with Crippen LogP contribution in [0.4, 0.5) is 0 Å². The highest BCUT2D eigenvalue weighted by molar-refractivity contribution is 5.38. The van der Waals surface area contributed by atoms with Gasteiger partial charge in [-0.15, -0.1) is 0 Å². The quantitative estimate of drug-likeness (QED) is 0.846. The minimum absolute atomic E-state index is 0.00972. The largest absolute Gasteiger partial charge is 0.504 e. The molecular formula is C16H18O2. The first-order valence-corrected chi connectivity index (χ1v) is 6.31. The molecule has 0 radical (unpaired) electrons. The van der Waals surface area contributed by atoms with Gasteiger partial charge >= 0.3 is 0 Å². The van der Waals surface area contributed by atoms with Gasteiger partial charge in [0.05, 0.1) is 0 Å². The topological polar surface area (TPSA) is 29.5 Å². The van der Waals surface area contributed by atoms with E-state index in [1.807, 2.05) is 24.3 Å². The molecule has 2 aromatic rings.